The van der Waals surface area contributed by atoms with Gasteiger partial charge in [0.1, 0.15) is 11.8 Å². The SMILES string of the molecule is CCn1ncc(OC)c1C(O)Cc1ccncc1. The van der Waals surface area contributed by atoms with E-state index in [4.69, 9.17) is 4.74 Å². The van der Waals surface area contributed by atoms with Gasteiger partial charge in [0.2, 0.25) is 0 Å². The maximum atomic E-state index is 10.3. The van der Waals surface area contributed by atoms with Gasteiger partial charge in [0.25, 0.3) is 0 Å². The molecule has 0 aliphatic carbocycles. The Morgan fingerprint density at radius 1 is 1.39 bits per heavy atom. The molecule has 2 rings (SSSR count). The molecule has 5 heteroatoms. The van der Waals surface area contributed by atoms with E-state index in [1.807, 2.05) is 19.1 Å². The second-order valence-corrected chi connectivity index (χ2v) is 3.99. The molecular weight excluding hydrogens is 230 g/mol. The minimum absolute atomic E-state index is 0.518. The number of methoxy groups -OCH3 is 1. The van der Waals surface area contributed by atoms with Crippen LogP contribution >= 0.6 is 0 Å². The van der Waals surface area contributed by atoms with E-state index in [0.717, 1.165) is 11.3 Å². The molecule has 0 aliphatic heterocycles. The van der Waals surface area contributed by atoms with E-state index in [2.05, 4.69) is 10.1 Å². The number of aryl methyl sites for hydroxylation is 1. The van der Waals surface area contributed by atoms with Crippen molar-refractivity contribution < 1.29 is 9.84 Å². The van der Waals surface area contributed by atoms with Crippen molar-refractivity contribution in [1.29, 1.82) is 0 Å². The summed E-state index contributed by atoms with van der Waals surface area (Å²) in [6.07, 6.45) is 4.95. The Labute approximate surface area is 106 Å². The van der Waals surface area contributed by atoms with Crippen LogP contribution in [-0.4, -0.2) is 27.0 Å². The smallest absolute Gasteiger partial charge is 0.162 e. The Morgan fingerprint density at radius 3 is 2.72 bits per heavy atom. The summed E-state index contributed by atoms with van der Waals surface area (Å²) in [5.74, 6) is 0.624. The third-order valence-corrected chi connectivity index (χ3v) is 2.86. The molecule has 0 saturated heterocycles. The van der Waals surface area contributed by atoms with Gasteiger partial charge in [0.15, 0.2) is 5.75 Å². The summed E-state index contributed by atoms with van der Waals surface area (Å²) in [5, 5.41) is 14.5. The van der Waals surface area contributed by atoms with Gasteiger partial charge >= 0.3 is 0 Å². The van der Waals surface area contributed by atoms with Gasteiger partial charge in [0, 0.05) is 25.4 Å². The third-order valence-electron chi connectivity index (χ3n) is 2.86. The van der Waals surface area contributed by atoms with Crippen molar-refractivity contribution in [3.63, 3.8) is 0 Å². The van der Waals surface area contributed by atoms with E-state index >= 15 is 0 Å². The highest BCUT2D eigenvalue weighted by Crippen LogP contribution is 2.27. The fraction of sp³-hybridized carbons (Fsp3) is 0.385. The van der Waals surface area contributed by atoms with E-state index in [-0.39, 0.29) is 0 Å². The molecule has 96 valence electrons. The number of aliphatic hydroxyl groups excluding tert-OH is 1. The highest BCUT2D eigenvalue weighted by Gasteiger charge is 2.19. The molecule has 1 N–H and O–H groups in total. The summed E-state index contributed by atoms with van der Waals surface area (Å²) in [4.78, 5) is 3.96. The quantitative estimate of drug-likeness (QED) is 0.871. The topological polar surface area (TPSA) is 60.2 Å². The predicted molar refractivity (Wildman–Crippen MR) is 67.4 cm³/mol. The van der Waals surface area contributed by atoms with Crippen molar-refractivity contribution in [2.45, 2.75) is 26.0 Å². The van der Waals surface area contributed by atoms with Crippen LogP contribution in [0.15, 0.2) is 30.7 Å². The summed E-state index contributed by atoms with van der Waals surface area (Å²) < 4.78 is 6.99. The molecule has 2 aromatic heterocycles. The lowest BCUT2D eigenvalue weighted by Crippen LogP contribution is -2.11. The normalized spacial score (nSPS) is 12.4. The number of aromatic nitrogens is 3. The third kappa shape index (κ3) is 2.51. The first-order chi connectivity index (χ1) is 8.76. The van der Waals surface area contributed by atoms with Gasteiger partial charge in [0.05, 0.1) is 13.3 Å². The van der Waals surface area contributed by atoms with Crippen molar-refractivity contribution in [2.75, 3.05) is 7.11 Å². The summed E-state index contributed by atoms with van der Waals surface area (Å²) in [5.41, 5.74) is 1.75. The Bertz CT molecular complexity index is 475. The molecule has 2 aromatic rings. The van der Waals surface area contributed by atoms with Gasteiger partial charge in [-0.3, -0.25) is 9.67 Å². The van der Waals surface area contributed by atoms with Crippen molar-refractivity contribution in [1.82, 2.24) is 14.8 Å². The van der Waals surface area contributed by atoms with Crippen molar-refractivity contribution >= 4 is 0 Å². The zero-order chi connectivity index (χ0) is 13.0. The first-order valence-corrected chi connectivity index (χ1v) is 5.93. The van der Waals surface area contributed by atoms with E-state index < -0.39 is 6.10 Å². The Morgan fingerprint density at radius 2 is 2.11 bits per heavy atom. The molecule has 0 radical (unpaired) electrons. The van der Waals surface area contributed by atoms with Gasteiger partial charge in [-0.05, 0) is 24.6 Å². The van der Waals surface area contributed by atoms with Gasteiger partial charge in [-0.1, -0.05) is 0 Å². The molecule has 2 heterocycles. The van der Waals surface area contributed by atoms with E-state index in [0.29, 0.717) is 18.7 Å². The standard InChI is InChI=1S/C13H17N3O2/c1-3-16-13(12(18-2)9-15-16)11(17)8-10-4-6-14-7-5-10/h4-7,9,11,17H,3,8H2,1-2H3. The first-order valence-electron chi connectivity index (χ1n) is 5.93. The first kappa shape index (κ1) is 12.6. The fourth-order valence-electron chi connectivity index (χ4n) is 1.96. The zero-order valence-electron chi connectivity index (χ0n) is 10.6. The van der Waals surface area contributed by atoms with Crippen LogP contribution < -0.4 is 4.74 Å². The largest absolute Gasteiger partial charge is 0.493 e. The highest BCUT2D eigenvalue weighted by molar-refractivity contribution is 5.28. The van der Waals surface area contributed by atoms with Gasteiger partial charge in [-0.2, -0.15) is 5.10 Å². The van der Waals surface area contributed by atoms with Crippen LogP contribution in [0.25, 0.3) is 0 Å². The number of nitrogens with zero attached hydrogens (tertiary/aromatic N) is 3. The lowest BCUT2D eigenvalue weighted by Gasteiger charge is -2.14. The number of hydrogen-bond donors (Lipinski definition) is 1. The fourth-order valence-corrected chi connectivity index (χ4v) is 1.96. The van der Waals surface area contributed by atoms with Crippen LogP contribution in [-0.2, 0) is 13.0 Å². The molecule has 0 aromatic carbocycles. The number of aliphatic hydroxyl groups is 1. The minimum Gasteiger partial charge on any atom is -0.493 e. The van der Waals surface area contributed by atoms with Crippen LogP contribution in [0.5, 0.6) is 5.75 Å². The monoisotopic (exact) mass is 247 g/mol. The molecule has 0 aliphatic rings. The molecule has 5 nitrogen and oxygen atoms in total. The number of rotatable bonds is 5. The summed E-state index contributed by atoms with van der Waals surface area (Å²) in [6, 6.07) is 3.78. The van der Waals surface area contributed by atoms with Crippen molar-refractivity contribution in [3.8, 4) is 5.75 Å². The maximum absolute atomic E-state index is 10.3. The van der Waals surface area contributed by atoms with Crippen LogP contribution in [0.1, 0.15) is 24.3 Å². The van der Waals surface area contributed by atoms with Crippen LogP contribution in [0.2, 0.25) is 0 Å². The van der Waals surface area contributed by atoms with Crippen molar-refractivity contribution in [2.24, 2.45) is 0 Å². The van der Waals surface area contributed by atoms with Crippen LogP contribution in [0, 0.1) is 0 Å². The Balaban J connectivity index is 2.22. The molecule has 18 heavy (non-hydrogen) atoms. The molecule has 1 atom stereocenters. The Hall–Kier alpha value is -1.88. The van der Waals surface area contributed by atoms with E-state index in [1.165, 1.54) is 0 Å². The van der Waals surface area contributed by atoms with Crippen molar-refractivity contribution in [3.05, 3.63) is 42.0 Å². The summed E-state index contributed by atoms with van der Waals surface area (Å²) in [6.45, 7) is 2.68. The van der Waals surface area contributed by atoms with Crippen LogP contribution in [0.3, 0.4) is 0 Å². The average molecular weight is 247 g/mol. The molecular formula is C13H17N3O2. The van der Waals surface area contributed by atoms with Gasteiger partial charge in [-0.15, -0.1) is 0 Å². The highest BCUT2D eigenvalue weighted by atomic mass is 16.5. The second-order valence-electron chi connectivity index (χ2n) is 3.99. The van der Waals surface area contributed by atoms with Crippen LogP contribution in [0.4, 0.5) is 0 Å². The lowest BCUT2D eigenvalue weighted by molar-refractivity contribution is 0.162. The molecule has 0 fully saturated rings. The van der Waals surface area contributed by atoms with Gasteiger partial charge in [-0.25, -0.2) is 0 Å². The molecule has 1 unspecified atom stereocenters. The van der Waals surface area contributed by atoms with E-state index in [1.54, 1.807) is 30.4 Å². The molecule has 0 amide bonds. The van der Waals surface area contributed by atoms with E-state index in [9.17, 15) is 5.11 Å². The predicted octanol–water partition coefficient (Wildman–Crippen LogP) is 1.58. The molecule has 0 bridgehead atoms. The Kier molecular flexibility index (Phi) is 3.94. The number of ether oxygens (including phenoxy) is 1. The molecule has 0 saturated carbocycles. The second kappa shape index (κ2) is 5.64. The number of pyridine rings is 1. The molecule has 0 spiro atoms. The summed E-state index contributed by atoms with van der Waals surface area (Å²) >= 11 is 0. The lowest BCUT2D eigenvalue weighted by atomic mass is 10.1. The zero-order valence-corrected chi connectivity index (χ0v) is 10.6. The summed E-state index contributed by atoms with van der Waals surface area (Å²) in [7, 11) is 1.58. The maximum Gasteiger partial charge on any atom is 0.162 e. The minimum atomic E-state index is -0.634. The number of hydrogen-bond acceptors (Lipinski definition) is 4. The van der Waals surface area contributed by atoms with Gasteiger partial charge < -0.3 is 9.84 Å². The average Bonchev–Trinajstić information content (AvgIpc) is 2.82.